The van der Waals surface area contributed by atoms with E-state index in [0.717, 1.165) is 25.1 Å². The summed E-state index contributed by atoms with van der Waals surface area (Å²) in [4.78, 5) is 2.25. The van der Waals surface area contributed by atoms with Gasteiger partial charge in [0.1, 0.15) is 0 Å². The van der Waals surface area contributed by atoms with E-state index in [9.17, 15) is 0 Å². The minimum atomic E-state index is 0.277. The van der Waals surface area contributed by atoms with Crippen molar-refractivity contribution in [3.8, 4) is 11.5 Å². The lowest BCUT2D eigenvalue weighted by Gasteiger charge is -2.11. The van der Waals surface area contributed by atoms with Gasteiger partial charge in [0.2, 0.25) is 11.8 Å². The molecule has 3 rings (SSSR count). The summed E-state index contributed by atoms with van der Waals surface area (Å²) < 4.78 is 5.70. The van der Waals surface area contributed by atoms with Gasteiger partial charge in [-0.3, -0.25) is 4.90 Å². The van der Waals surface area contributed by atoms with Crippen molar-refractivity contribution in [2.75, 3.05) is 13.1 Å². The van der Waals surface area contributed by atoms with Gasteiger partial charge in [-0.15, -0.1) is 10.2 Å². The van der Waals surface area contributed by atoms with Crippen molar-refractivity contribution >= 4 is 0 Å². The number of rotatable bonds is 3. The summed E-state index contributed by atoms with van der Waals surface area (Å²) in [6.45, 7) is 4.65. The number of nitrogens with zero attached hydrogens (tertiary/aromatic N) is 3. The fourth-order valence-electron chi connectivity index (χ4n) is 2.33. The van der Waals surface area contributed by atoms with E-state index in [1.165, 1.54) is 5.56 Å². The third-order valence-corrected chi connectivity index (χ3v) is 3.43. The topological polar surface area (TPSA) is 68.2 Å². The Morgan fingerprint density at radius 3 is 2.79 bits per heavy atom. The molecule has 1 aromatic heterocycles. The summed E-state index contributed by atoms with van der Waals surface area (Å²) in [5, 5.41) is 8.21. The number of likely N-dealkylation sites (tertiary alicyclic amines) is 1. The van der Waals surface area contributed by atoms with Crippen molar-refractivity contribution < 1.29 is 4.42 Å². The molecule has 0 aliphatic carbocycles. The first-order valence-electron chi connectivity index (χ1n) is 6.58. The fraction of sp³-hybridized carbons (Fsp3) is 0.429. The molecule has 100 valence electrons. The molecule has 1 aromatic carbocycles. The van der Waals surface area contributed by atoms with Crippen LogP contribution in [0.1, 0.15) is 17.9 Å². The average molecular weight is 258 g/mol. The summed E-state index contributed by atoms with van der Waals surface area (Å²) in [7, 11) is 0. The molecule has 0 amide bonds. The van der Waals surface area contributed by atoms with Crippen LogP contribution in [0.15, 0.2) is 28.7 Å². The van der Waals surface area contributed by atoms with Crippen LogP contribution in [0.25, 0.3) is 11.5 Å². The van der Waals surface area contributed by atoms with E-state index in [1.54, 1.807) is 0 Å². The molecule has 1 saturated heterocycles. The van der Waals surface area contributed by atoms with E-state index in [-0.39, 0.29) is 6.04 Å². The van der Waals surface area contributed by atoms with Crippen LogP contribution >= 0.6 is 0 Å². The van der Waals surface area contributed by atoms with Crippen LogP contribution in [-0.4, -0.2) is 34.2 Å². The minimum Gasteiger partial charge on any atom is -0.419 e. The van der Waals surface area contributed by atoms with Gasteiger partial charge in [0.25, 0.3) is 0 Å². The van der Waals surface area contributed by atoms with Crippen LogP contribution in [-0.2, 0) is 6.54 Å². The predicted molar refractivity (Wildman–Crippen MR) is 72.3 cm³/mol. The van der Waals surface area contributed by atoms with Crippen LogP contribution in [0.5, 0.6) is 0 Å². The molecule has 0 spiro atoms. The number of hydrogen-bond donors (Lipinski definition) is 1. The van der Waals surface area contributed by atoms with E-state index in [1.807, 2.05) is 24.3 Å². The average Bonchev–Trinajstić information content (AvgIpc) is 3.00. The van der Waals surface area contributed by atoms with Gasteiger partial charge >= 0.3 is 0 Å². The molecule has 5 heteroatoms. The Labute approximate surface area is 112 Å². The van der Waals surface area contributed by atoms with Crippen molar-refractivity contribution in [3.05, 3.63) is 35.7 Å². The predicted octanol–water partition coefficient (Wildman–Crippen LogP) is 1.58. The normalized spacial score (nSPS) is 20.0. The molecule has 5 nitrogen and oxygen atoms in total. The highest BCUT2D eigenvalue weighted by Gasteiger charge is 2.21. The lowest BCUT2D eigenvalue weighted by Crippen LogP contribution is -2.26. The molecule has 0 bridgehead atoms. The monoisotopic (exact) mass is 258 g/mol. The lowest BCUT2D eigenvalue weighted by molar-refractivity contribution is 0.289. The van der Waals surface area contributed by atoms with Gasteiger partial charge in [0.15, 0.2) is 0 Å². The summed E-state index contributed by atoms with van der Waals surface area (Å²) >= 11 is 0. The summed E-state index contributed by atoms with van der Waals surface area (Å²) in [6, 6.07) is 8.35. The first-order chi connectivity index (χ1) is 9.20. The minimum absolute atomic E-state index is 0.277. The van der Waals surface area contributed by atoms with Gasteiger partial charge in [-0.05, 0) is 25.5 Å². The quantitative estimate of drug-likeness (QED) is 0.905. The standard InChI is InChI=1S/C14H18N4O/c1-10-2-4-11(5-3-10)14-17-16-13(19-14)9-18-7-6-12(15)8-18/h2-5,12H,6-9,15H2,1H3/t12-/m0/s1. The highest BCUT2D eigenvalue weighted by atomic mass is 16.4. The number of hydrogen-bond acceptors (Lipinski definition) is 5. The van der Waals surface area contributed by atoms with Crippen LogP contribution in [0.3, 0.4) is 0 Å². The molecule has 0 radical (unpaired) electrons. The molecule has 1 fully saturated rings. The first kappa shape index (κ1) is 12.3. The number of nitrogens with two attached hydrogens (primary N) is 1. The zero-order valence-corrected chi connectivity index (χ0v) is 11.0. The SMILES string of the molecule is Cc1ccc(-c2nnc(CN3CC[C@H](N)C3)o2)cc1. The van der Waals surface area contributed by atoms with E-state index >= 15 is 0 Å². The second-order valence-electron chi connectivity index (χ2n) is 5.15. The Morgan fingerprint density at radius 2 is 2.11 bits per heavy atom. The maximum absolute atomic E-state index is 5.88. The van der Waals surface area contributed by atoms with Gasteiger partial charge in [-0.25, -0.2) is 0 Å². The molecule has 1 atom stereocenters. The molecular formula is C14H18N4O. The molecule has 1 aliphatic heterocycles. The molecule has 1 aliphatic rings. The fourth-order valence-corrected chi connectivity index (χ4v) is 2.33. The number of aryl methyl sites for hydroxylation is 1. The Kier molecular flexibility index (Phi) is 3.31. The highest BCUT2D eigenvalue weighted by Crippen LogP contribution is 2.19. The molecule has 0 saturated carbocycles. The van der Waals surface area contributed by atoms with Gasteiger partial charge < -0.3 is 10.2 Å². The Hall–Kier alpha value is -1.72. The van der Waals surface area contributed by atoms with Crippen LogP contribution in [0.4, 0.5) is 0 Å². The summed E-state index contributed by atoms with van der Waals surface area (Å²) in [5.74, 6) is 1.24. The van der Waals surface area contributed by atoms with Crippen LogP contribution in [0.2, 0.25) is 0 Å². The molecule has 0 unspecified atom stereocenters. The summed E-state index contributed by atoms with van der Waals surface area (Å²) in [5.41, 5.74) is 8.06. The maximum atomic E-state index is 5.88. The van der Waals surface area contributed by atoms with Crippen molar-refractivity contribution in [2.45, 2.75) is 25.9 Å². The molecule has 19 heavy (non-hydrogen) atoms. The molecule has 2 aromatic rings. The van der Waals surface area contributed by atoms with E-state index in [0.29, 0.717) is 18.3 Å². The Morgan fingerprint density at radius 1 is 1.32 bits per heavy atom. The Bertz CT molecular complexity index is 549. The molecule has 2 N–H and O–H groups in total. The van der Waals surface area contributed by atoms with Crippen molar-refractivity contribution in [2.24, 2.45) is 5.73 Å². The smallest absolute Gasteiger partial charge is 0.247 e. The zero-order valence-electron chi connectivity index (χ0n) is 11.0. The van der Waals surface area contributed by atoms with Crippen molar-refractivity contribution in [1.82, 2.24) is 15.1 Å². The molecular weight excluding hydrogens is 240 g/mol. The van der Waals surface area contributed by atoms with Crippen molar-refractivity contribution in [1.29, 1.82) is 0 Å². The van der Waals surface area contributed by atoms with E-state index in [4.69, 9.17) is 10.2 Å². The van der Waals surface area contributed by atoms with Gasteiger partial charge in [-0.2, -0.15) is 0 Å². The van der Waals surface area contributed by atoms with Gasteiger partial charge in [0, 0.05) is 24.7 Å². The zero-order chi connectivity index (χ0) is 13.2. The lowest BCUT2D eigenvalue weighted by atomic mass is 10.1. The first-order valence-corrected chi connectivity index (χ1v) is 6.58. The van der Waals surface area contributed by atoms with Gasteiger partial charge in [0.05, 0.1) is 6.54 Å². The van der Waals surface area contributed by atoms with Crippen molar-refractivity contribution in [3.63, 3.8) is 0 Å². The van der Waals surface area contributed by atoms with E-state index < -0.39 is 0 Å². The largest absolute Gasteiger partial charge is 0.419 e. The second kappa shape index (κ2) is 5.11. The number of benzene rings is 1. The third-order valence-electron chi connectivity index (χ3n) is 3.43. The van der Waals surface area contributed by atoms with Crippen LogP contribution < -0.4 is 5.73 Å². The maximum Gasteiger partial charge on any atom is 0.247 e. The Balaban J connectivity index is 1.71. The van der Waals surface area contributed by atoms with Crippen LogP contribution in [0, 0.1) is 6.92 Å². The second-order valence-corrected chi connectivity index (χ2v) is 5.15. The number of aromatic nitrogens is 2. The van der Waals surface area contributed by atoms with Gasteiger partial charge in [-0.1, -0.05) is 17.7 Å². The highest BCUT2D eigenvalue weighted by molar-refractivity contribution is 5.52. The molecule has 2 heterocycles. The third kappa shape index (κ3) is 2.83. The summed E-state index contributed by atoms with van der Waals surface area (Å²) in [6.07, 6.45) is 1.04. The van der Waals surface area contributed by atoms with E-state index in [2.05, 4.69) is 22.0 Å².